The van der Waals surface area contributed by atoms with Gasteiger partial charge in [0.15, 0.2) is 16.6 Å². The summed E-state index contributed by atoms with van der Waals surface area (Å²) in [5, 5.41) is 16.0. The quantitative estimate of drug-likeness (QED) is 0.287. The number of esters is 1. The van der Waals surface area contributed by atoms with Crippen LogP contribution in [0.15, 0.2) is 24.3 Å². The average molecular weight is 555 g/mol. The van der Waals surface area contributed by atoms with E-state index in [1.54, 1.807) is 6.07 Å². The summed E-state index contributed by atoms with van der Waals surface area (Å²) < 4.78 is 6.20. The third kappa shape index (κ3) is 6.54. The maximum absolute atomic E-state index is 13.4. The van der Waals surface area contributed by atoms with Crippen LogP contribution in [0.5, 0.6) is 0 Å². The molecular formula is C26H34N8O4S. The molecule has 0 radical (unpaired) electrons. The SMILES string of the molecule is NCC(=O)OC1CCN(c2cccc(C(=O)Nc3cc4sc(NCCO)nc4nc3N3CCCCC3)n2)CC1. The molecule has 13 heteroatoms. The van der Waals surface area contributed by atoms with E-state index in [-0.39, 0.29) is 25.2 Å². The predicted molar refractivity (Wildman–Crippen MR) is 152 cm³/mol. The van der Waals surface area contributed by atoms with Gasteiger partial charge in [-0.25, -0.2) is 15.0 Å². The number of aliphatic hydroxyl groups is 1. The molecule has 2 aliphatic rings. The van der Waals surface area contributed by atoms with Crippen molar-refractivity contribution in [2.24, 2.45) is 5.73 Å². The molecule has 1 amide bonds. The van der Waals surface area contributed by atoms with Crippen molar-refractivity contribution in [1.82, 2.24) is 15.0 Å². The van der Waals surface area contributed by atoms with Crippen molar-refractivity contribution < 1.29 is 19.4 Å². The lowest BCUT2D eigenvalue weighted by atomic mass is 10.1. The number of carbonyl (C=O) groups is 2. The summed E-state index contributed by atoms with van der Waals surface area (Å²) in [5.41, 5.74) is 6.90. The number of thiazole rings is 1. The molecule has 3 aromatic rings. The maximum Gasteiger partial charge on any atom is 0.319 e. The van der Waals surface area contributed by atoms with E-state index < -0.39 is 5.97 Å². The molecule has 0 aromatic carbocycles. The van der Waals surface area contributed by atoms with Crippen molar-refractivity contribution >= 4 is 56.0 Å². The third-order valence-electron chi connectivity index (χ3n) is 6.85. The van der Waals surface area contributed by atoms with Crippen molar-refractivity contribution in [3.63, 3.8) is 0 Å². The highest BCUT2D eigenvalue weighted by Gasteiger charge is 2.24. The summed E-state index contributed by atoms with van der Waals surface area (Å²) in [5.74, 6) is 0.710. The zero-order valence-electron chi connectivity index (χ0n) is 21.8. The summed E-state index contributed by atoms with van der Waals surface area (Å²) in [6, 6.07) is 7.33. The summed E-state index contributed by atoms with van der Waals surface area (Å²) in [7, 11) is 0. The maximum atomic E-state index is 13.4. The second kappa shape index (κ2) is 12.5. The lowest BCUT2D eigenvalue weighted by molar-refractivity contribution is -0.148. The van der Waals surface area contributed by atoms with Crippen LogP contribution in [0, 0.1) is 0 Å². The molecule has 5 N–H and O–H groups in total. The zero-order chi connectivity index (χ0) is 27.2. The fourth-order valence-corrected chi connectivity index (χ4v) is 5.75. The summed E-state index contributed by atoms with van der Waals surface area (Å²) in [6.07, 6.45) is 4.52. The molecule has 0 saturated carbocycles. The van der Waals surface area contributed by atoms with Gasteiger partial charge in [-0.2, -0.15) is 0 Å². The van der Waals surface area contributed by atoms with E-state index in [1.165, 1.54) is 17.8 Å². The number of ether oxygens (including phenoxy) is 1. The predicted octanol–water partition coefficient (Wildman–Crippen LogP) is 2.20. The lowest BCUT2D eigenvalue weighted by Gasteiger charge is -2.32. The van der Waals surface area contributed by atoms with Gasteiger partial charge in [-0.05, 0) is 37.5 Å². The van der Waals surface area contributed by atoms with Crippen LogP contribution in [0.4, 0.5) is 22.5 Å². The fourth-order valence-electron chi connectivity index (χ4n) is 4.88. The number of amides is 1. The molecule has 39 heavy (non-hydrogen) atoms. The Bertz CT molecular complexity index is 1300. The number of fused-ring (bicyclic) bond motifs is 1. The van der Waals surface area contributed by atoms with E-state index >= 15 is 0 Å². The number of rotatable bonds is 9. The van der Waals surface area contributed by atoms with E-state index in [9.17, 15) is 9.59 Å². The minimum atomic E-state index is -0.391. The molecule has 5 rings (SSSR count). The third-order valence-corrected chi connectivity index (χ3v) is 7.80. The second-order valence-electron chi connectivity index (χ2n) is 9.61. The fraction of sp³-hybridized carbons (Fsp3) is 0.500. The monoisotopic (exact) mass is 554 g/mol. The Morgan fingerprint density at radius 3 is 2.62 bits per heavy atom. The van der Waals surface area contributed by atoms with Gasteiger partial charge in [-0.1, -0.05) is 17.4 Å². The molecule has 5 heterocycles. The Morgan fingerprint density at radius 2 is 1.87 bits per heavy atom. The Balaban J connectivity index is 1.34. The topological polar surface area (TPSA) is 159 Å². The molecule has 2 saturated heterocycles. The van der Waals surface area contributed by atoms with Gasteiger partial charge in [0.2, 0.25) is 0 Å². The molecule has 0 aliphatic carbocycles. The Morgan fingerprint density at radius 1 is 1.08 bits per heavy atom. The van der Waals surface area contributed by atoms with Crippen molar-refractivity contribution in [3.05, 3.63) is 30.0 Å². The smallest absolute Gasteiger partial charge is 0.319 e. The molecule has 0 bridgehead atoms. The van der Waals surface area contributed by atoms with Gasteiger partial charge >= 0.3 is 5.97 Å². The van der Waals surface area contributed by atoms with Crippen LogP contribution in [0.25, 0.3) is 10.3 Å². The van der Waals surface area contributed by atoms with Crippen LogP contribution < -0.4 is 26.2 Å². The van der Waals surface area contributed by atoms with Gasteiger partial charge < -0.3 is 36.0 Å². The molecular weight excluding hydrogens is 520 g/mol. The van der Waals surface area contributed by atoms with Crippen molar-refractivity contribution in [2.75, 3.05) is 66.3 Å². The molecule has 0 spiro atoms. The number of hydrogen-bond acceptors (Lipinski definition) is 12. The molecule has 3 aromatic heterocycles. The average Bonchev–Trinajstić information content (AvgIpc) is 3.38. The van der Waals surface area contributed by atoms with E-state index in [1.807, 2.05) is 18.2 Å². The van der Waals surface area contributed by atoms with Crippen LogP contribution >= 0.6 is 11.3 Å². The molecule has 2 aliphatic heterocycles. The van der Waals surface area contributed by atoms with E-state index in [2.05, 4.69) is 30.4 Å². The number of nitrogens with two attached hydrogens (primary N) is 1. The van der Waals surface area contributed by atoms with Gasteiger partial charge in [0.25, 0.3) is 5.91 Å². The van der Waals surface area contributed by atoms with Gasteiger partial charge in [0.05, 0.1) is 23.5 Å². The first-order valence-electron chi connectivity index (χ1n) is 13.4. The number of nitrogens with one attached hydrogen (secondary N) is 2. The standard InChI is InChI=1S/C26H34N8O4S/c27-16-22(36)38-17-7-12-33(13-8-17)21-6-4-5-18(29-21)25(37)30-19-15-20-23(32-26(39-20)28-9-14-35)31-24(19)34-10-2-1-3-11-34/h4-6,15,17,35H,1-3,7-14,16,27H2,(H,30,37)(H,28,31,32). The second-order valence-corrected chi connectivity index (χ2v) is 10.6. The summed E-state index contributed by atoms with van der Waals surface area (Å²) in [4.78, 5) is 43.3. The summed E-state index contributed by atoms with van der Waals surface area (Å²) in [6.45, 7) is 3.36. The molecule has 0 atom stereocenters. The molecule has 12 nitrogen and oxygen atoms in total. The summed E-state index contributed by atoms with van der Waals surface area (Å²) >= 11 is 1.43. The highest BCUT2D eigenvalue weighted by Crippen LogP contribution is 2.34. The number of anilines is 4. The van der Waals surface area contributed by atoms with Gasteiger partial charge in [-0.3, -0.25) is 9.59 Å². The van der Waals surface area contributed by atoms with Gasteiger partial charge in [-0.15, -0.1) is 0 Å². The minimum absolute atomic E-state index is 0.00943. The highest BCUT2D eigenvalue weighted by molar-refractivity contribution is 7.22. The van der Waals surface area contributed by atoms with E-state index in [0.29, 0.717) is 66.3 Å². The van der Waals surface area contributed by atoms with Crippen molar-refractivity contribution in [3.8, 4) is 0 Å². The lowest BCUT2D eigenvalue weighted by Crippen LogP contribution is -2.39. The van der Waals surface area contributed by atoms with E-state index in [0.717, 1.165) is 30.6 Å². The zero-order valence-corrected chi connectivity index (χ0v) is 22.6. The first-order chi connectivity index (χ1) is 19.0. The van der Waals surface area contributed by atoms with Gasteiger partial charge in [0.1, 0.15) is 17.6 Å². The number of aliphatic hydroxyl groups excluding tert-OH is 1. The van der Waals surface area contributed by atoms with Crippen molar-refractivity contribution in [2.45, 2.75) is 38.2 Å². The van der Waals surface area contributed by atoms with Crippen LogP contribution in [-0.2, 0) is 9.53 Å². The number of carbonyl (C=O) groups excluding carboxylic acids is 2. The first-order valence-corrected chi connectivity index (χ1v) is 14.2. The molecule has 0 unspecified atom stereocenters. The first kappa shape index (κ1) is 27.0. The Labute approximate surface area is 230 Å². The van der Waals surface area contributed by atoms with Crippen LogP contribution in [0.2, 0.25) is 0 Å². The largest absolute Gasteiger partial charge is 0.461 e. The number of pyridine rings is 2. The number of piperidine rings is 2. The number of nitrogens with zero attached hydrogens (tertiary/aromatic N) is 5. The molecule has 208 valence electrons. The highest BCUT2D eigenvalue weighted by atomic mass is 32.1. The number of hydrogen-bond donors (Lipinski definition) is 4. The van der Waals surface area contributed by atoms with Crippen LogP contribution in [0.3, 0.4) is 0 Å². The Hall–Kier alpha value is -3.55. The van der Waals surface area contributed by atoms with E-state index in [4.69, 9.17) is 20.6 Å². The van der Waals surface area contributed by atoms with Crippen LogP contribution in [-0.4, -0.2) is 83.9 Å². The molecule has 2 fully saturated rings. The van der Waals surface area contributed by atoms with Gasteiger partial charge in [0, 0.05) is 45.6 Å². The number of aromatic nitrogens is 3. The van der Waals surface area contributed by atoms with Crippen molar-refractivity contribution in [1.29, 1.82) is 0 Å². The van der Waals surface area contributed by atoms with Crippen LogP contribution in [0.1, 0.15) is 42.6 Å². The minimum Gasteiger partial charge on any atom is -0.461 e. The Kier molecular flexibility index (Phi) is 8.69. The normalized spacial score (nSPS) is 16.4.